The molecule has 0 aliphatic rings. The predicted molar refractivity (Wildman–Crippen MR) is 99.5 cm³/mol. The number of hydrogen-bond acceptors (Lipinski definition) is 4. The molecule has 0 aromatic heterocycles. The van der Waals surface area contributed by atoms with E-state index in [2.05, 4.69) is 16.6 Å². The van der Waals surface area contributed by atoms with Gasteiger partial charge < -0.3 is 14.9 Å². The number of carbonyl (C=O) groups is 1. The number of methoxy groups -OCH3 is 1. The van der Waals surface area contributed by atoms with E-state index in [1.165, 1.54) is 13.2 Å². The Morgan fingerprint density at radius 3 is 2.76 bits per heavy atom. The van der Waals surface area contributed by atoms with Gasteiger partial charge in [-0.2, -0.15) is 0 Å². The van der Waals surface area contributed by atoms with Crippen LogP contribution in [0, 0.1) is 11.8 Å². The molecule has 0 aliphatic carbocycles. The molecule has 1 rings (SSSR count). The number of ether oxygens (including phenoxy) is 1. The zero-order chi connectivity index (χ0) is 18.7. The summed E-state index contributed by atoms with van der Waals surface area (Å²) in [6.45, 7) is 0. The predicted octanol–water partition coefficient (Wildman–Crippen LogP) is 3.52. The Kier molecular flexibility index (Phi) is 9.98. The number of halogens is 2. The fourth-order valence-corrected chi connectivity index (χ4v) is 2.30. The van der Waals surface area contributed by atoms with Gasteiger partial charge in [0.15, 0.2) is 0 Å². The smallest absolute Gasteiger partial charge is 0.305 e. The van der Waals surface area contributed by atoms with Gasteiger partial charge in [0.05, 0.1) is 24.3 Å². The van der Waals surface area contributed by atoms with Gasteiger partial charge in [0.25, 0.3) is 0 Å². The van der Waals surface area contributed by atoms with E-state index >= 15 is 0 Å². The highest BCUT2D eigenvalue weighted by molar-refractivity contribution is 6.35. The molecule has 25 heavy (non-hydrogen) atoms. The maximum Gasteiger partial charge on any atom is 0.305 e. The zero-order valence-electron chi connectivity index (χ0n) is 13.8. The molecule has 0 amide bonds. The lowest BCUT2D eigenvalue weighted by molar-refractivity contribution is -0.140. The van der Waals surface area contributed by atoms with Gasteiger partial charge in [0.1, 0.15) is 0 Å². The van der Waals surface area contributed by atoms with Crippen LogP contribution < -0.4 is 0 Å². The molecule has 0 bridgehead atoms. The Morgan fingerprint density at radius 1 is 1.32 bits per heavy atom. The van der Waals surface area contributed by atoms with Crippen LogP contribution in [0.15, 0.2) is 42.5 Å². The topological polar surface area (TPSA) is 66.8 Å². The third-order valence-electron chi connectivity index (χ3n) is 3.24. The molecule has 4 nitrogen and oxygen atoms in total. The van der Waals surface area contributed by atoms with E-state index in [9.17, 15) is 15.0 Å². The number of hydrogen-bond donors (Lipinski definition) is 2. The Labute approximate surface area is 157 Å². The van der Waals surface area contributed by atoms with Crippen molar-refractivity contribution in [1.29, 1.82) is 0 Å². The third-order valence-corrected chi connectivity index (χ3v) is 3.79. The zero-order valence-corrected chi connectivity index (χ0v) is 15.3. The summed E-state index contributed by atoms with van der Waals surface area (Å²) in [4.78, 5) is 11.0. The molecule has 0 saturated heterocycles. The van der Waals surface area contributed by atoms with Gasteiger partial charge in [0.2, 0.25) is 0 Å². The van der Waals surface area contributed by atoms with Gasteiger partial charge in [-0.1, -0.05) is 53.3 Å². The fourth-order valence-electron chi connectivity index (χ4n) is 1.85. The maximum atomic E-state index is 11.0. The van der Waals surface area contributed by atoms with E-state index in [1.807, 2.05) is 0 Å². The van der Waals surface area contributed by atoms with Crippen LogP contribution in [0.4, 0.5) is 0 Å². The van der Waals surface area contributed by atoms with E-state index in [0.717, 1.165) is 0 Å². The summed E-state index contributed by atoms with van der Waals surface area (Å²) in [5, 5.41) is 20.6. The second-order valence-electron chi connectivity index (χ2n) is 5.16. The van der Waals surface area contributed by atoms with Crippen molar-refractivity contribution in [2.75, 3.05) is 7.11 Å². The van der Waals surface area contributed by atoms with Gasteiger partial charge in [0, 0.05) is 17.0 Å². The Morgan fingerprint density at radius 2 is 2.08 bits per heavy atom. The second-order valence-corrected chi connectivity index (χ2v) is 6.01. The maximum absolute atomic E-state index is 11.0. The largest absolute Gasteiger partial charge is 0.469 e. The standard InChI is InChI=1S/C19H20Cl2O4/c1-25-19(24)10-6-9-18(23)17(22)8-5-3-2-4-7-14-11-12-15(20)13-16(14)21/h2-3,5,8,11-13,17-18,22-23H,6,9-10H2,1H3/b3-2+,8-5+/t17-,18+/m1/s1. The molecule has 134 valence electrons. The summed E-state index contributed by atoms with van der Waals surface area (Å²) in [5.74, 6) is 5.36. The lowest BCUT2D eigenvalue weighted by atomic mass is 10.1. The van der Waals surface area contributed by atoms with E-state index < -0.39 is 12.2 Å². The van der Waals surface area contributed by atoms with Crippen LogP contribution in [-0.2, 0) is 9.53 Å². The summed E-state index contributed by atoms with van der Waals surface area (Å²) in [6, 6.07) is 5.06. The number of rotatable bonds is 7. The minimum absolute atomic E-state index is 0.215. The van der Waals surface area contributed by atoms with Crippen molar-refractivity contribution in [3.8, 4) is 11.8 Å². The highest BCUT2D eigenvalue weighted by Gasteiger charge is 2.13. The average molecular weight is 383 g/mol. The molecule has 6 heteroatoms. The van der Waals surface area contributed by atoms with Crippen molar-refractivity contribution in [3.05, 3.63) is 58.1 Å². The summed E-state index contributed by atoms with van der Waals surface area (Å²) < 4.78 is 4.51. The van der Waals surface area contributed by atoms with E-state index in [-0.39, 0.29) is 12.4 Å². The van der Waals surface area contributed by atoms with Crippen LogP contribution >= 0.6 is 23.2 Å². The lowest BCUT2D eigenvalue weighted by Gasteiger charge is -2.13. The van der Waals surface area contributed by atoms with Gasteiger partial charge in [-0.25, -0.2) is 0 Å². The van der Waals surface area contributed by atoms with Gasteiger partial charge in [-0.3, -0.25) is 4.79 Å². The van der Waals surface area contributed by atoms with Gasteiger partial charge in [-0.05, 0) is 37.1 Å². The monoisotopic (exact) mass is 382 g/mol. The van der Waals surface area contributed by atoms with Crippen molar-refractivity contribution in [3.63, 3.8) is 0 Å². The minimum Gasteiger partial charge on any atom is -0.469 e. The van der Waals surface area contributed by atoms with Crippen molar-refractivity contribution in [2.45, 2.75) is 31.5 Å². The Hall–Kier alpha value is -1.77. The van der Waals surface area contributed by atoms with E-state index in [0.29, 0.717) is 28.5 Å². The van der Waals surface area contributed by atoms with Crippen LogP contribution in [0.25, 0.3) is 0 Å². The molecular formula is C19H20Cl2O4. The van der Waals surface area contributed by atoms with Crippen molar-refractivity contribution in [1.82, 2.24) is 0 Å². The molecule has 1 aromatic carbocycles. The quantitative estimate of drug-likeness (QED) is 0.430. The summed E-state index contributed by atoms with van der Waals surface area (Å²) >= 11 is 11.8. The van der Waals surface area contributed by atoms with Crippen molar-refractivity contribution >= 4 is 29.2 Å². The molecule has 0 saturated carbocycles. The summed E-state index contributed by atoms with van der Waals surface area (Å²) in [7, 11) is 1.31. The highest BCUT2D eigenvalue weighted by atomic mass is 35.5. The first-order valence-electron chi connectivity index (χ1n) is 7.67. The number of aliphatic hydroxyl groups is 2. The van der Waals surface area contributed by atoms with Crippen molar-refractivity contribution < 1.29 is 19.7 Å². The summed E-state index contributed by atoms with van der Waals surface area (Å²) in [6.07, 6.45) is 5.30. The molecule has 0 aliphatic heterocycles. The number of carbonyl (C=O) groups excluding carboxylic acids is 1. The molecule has 0 spiro atoms. The molecule has 1 aromatic rings. The number of esters is 1. The van der Waals surface area contributed by atoms with Crippen LogP contribution in [0.1, 0.15) is 24.8 Å². The Bertz CT molecular complexity index is 686. The number of aliphatic hydroxyl groups excluding tert-OH is 2. The third kappa shape index (κ3) is 8.76. The number of benzene rings is 1. The molecule has 0 fully saturated rings. The van der Waals surface area contributed by atoms with E-state index in [4.69, 9.17) is 23.2 Å². The van der Waals surface area contributed by atoms with Crippen molar-refractivity contribution in [2.24, 2.45) is 0 Å². The van der Waals surface area contributed by atoms with Crippen LogP contribution in [0.2, 0.25) is 10.0 Å². The van der Waals surface area contributed by atoms with Crippen LogP contribution in [-0.4, -0.2) is 35.5 Å². The minimum atomic E-state index is -1.01. The molecule has 2 N–H and O–H groups in total. The second kappa shape index (κ2) is 11.7. The molecular weight excluding hydrogens is 363 g/mol. The normalized spacial score (nSPS) is 13.5. The highest BCUT2D eigenvalue weighted by Crippen LogP contribution is 2.19. The first-order valence-corrected chi connectivity index (χ1v) is 8.42. The first kappa shape index (κ1) is 21.3. The lowest BCUT2D eigenvalue weighted by Crippen LogP contribution is -2.23. The van der Waals surface area contributed by atoms with Gasteiger partial charge >= 0.3 is 5.97 Å². The fraction of sp³-hybridized carbons (Fsp3) is 0.316. The molecule has 0 radical (unpaired) electrons. The average Bonchev–Trinajstić information content (AvgIpc) is 2.58. The number of allylic oxidation sites excluding steroid dienone is 3. The first-order chi connectivity index (χ1) is 11.9. The van der Waals surface area contributed by atoms with Crippen LogP contribution in [0.3, 0.4) is 0 Å². The molecule has 0 heterocycles. The van der Waals surface area contributed by atoms with Gasteiger partial charge in [-0.15, -0.1) is 0 Å². The molecule has 2 atom stereocenters. The summed E-state index contributed by atoms with van der Waals surface area (Å²) in [5.41, 5.74) is 0.667. The SMILES string of the molecule is COC(=O)CCC[C@H](O)[C@H](O)/C=C/C=C/C#Cc1ccc(Cl)cc1Cl. The van der Waals surface area contributed by atoms with Crippen LogP contribution in [0.5, 0.6) is 0 Å². The molecule has 0 unspecified atom stereocenters. The Balaban J connectivity index is 2.42. The van der Waals surface area contributed by atoms with E-state index in [1.54, 1.807) is 36.4 Å².